The lowest BCUT2D eigenvalue weighted by molar-refractivity contribution is -0.125. The molecular weight excluding hydrogens is 408 g/mol. The zero-order valence-electron chi connectivity index (χ0n) is 14.4. The van der Waals surface area contributed by atoms with Gasteiger partial charge in [0.15, 0.2) is 0 Å². The lowest BCUT2D eigenvalue weighted by atomic mass is 10.00. The molecule has 6 nitrogen and oxygen atoms in total. The van der Waals surface area contributed by atoms with Crippen LogP contribution in [0.3, 0.4) is 0 Å². The lowest BCUT2D eigenvalue weighted by Crippen LogP contribution is -2.47. The quantitative estimate of drug-likeness (QED) is 0.814. The van der Waals surface area contributed by atoms with Crippen molar-refractivity contribution in [1.29, 1.82) is 0 Å². The molecule has 1 amide bonds. The summed E-state index contributed by atoms with van der Waals surface area (Å²) in [5.41, 5.74) is 0.926. The van der Waals surface area contributed by atoms with Gasteiger partial charge in [-0.2, -0.15) is 4.31 Å². The number of nitrogens with zero attached hydrogens (tertiary/aromatic N) is 1. The molecule has 0 bridgehead atoms. The number of benzene rings is 1. The number of amides is 1. The van der Waals surface area contributed by atoms with Crippen molar-refractivity contribution in [1.82, 2.24) is 9.62 Å². The van der Waals surface area contributed by atoms with E-state index >= 15 is 0 Å². The van der Waals surface area contributed by atoms with Crippen LogP contribution in [-0.4, -0.2) is 37.8 Å². The standard InChI is InChI=1S/C18H19ClN2O4S2/c19-16-7-8-17(26-16)27(23,24)21-10-3-5-14(21)18(22)20-13-9-11-25-15-6-2-1-4-12(13)15/h1-2,4,6-8,13-14H,3,5,9-11H2,(H,20,22). The zero-order chi connectivity index (χ0) is 19.0. The van der Waals surface area contributed by atoms with Gasteiger partial charge < -0.3 is 10.1 Å². The molecule has 0 spiro atoms. The van der Waals surface area contributed by atoms with Gasteiger partial charge in [-0.05, 0) is 31.0 Å². The Kier molecular flexibility index (Phi) is 5.15. The van der Waals surface area contributed by atoms with Crippen LogP contribution in [0.2, 0.25) is 4.34 Å². The van der Waals surface area contributed by atoms with Crippen molar-refractivity contribution in [2.75, 3.05) is 13.2 Å². The Balaban J connectivity index is 1.54. The molecule has 1 saturated heterocycles. The highest BCUT2D eigenvalue weighted by molar-refractivity contribution is 7.91. The number of nitrogens with one attached hydrogen (secondary N) is 1. The predicted molar refractivity (Wildman–Crippen MR) is 104 cm³/mol. The Labute approximate surface area is 167 Å². The molecule has 1 aromatic heterocycles. The predicted octanol–water partition coefficient (Wildman–Crippen LogP) is 3.19. The first-order valence-electron chi connectivity index (χ1n) is 8.76. The molecule has 144 valence electrons. The molecule has 2 aliphatic heterocycles. The summed E-state index contributed by atoms with van der Waals surface area (Å²) < 4.78 is 33.4. The Morgan fingerprint density at radius 1 is 1.22 bits per heavy atom. The molecule has 27 heavy (non-hydrogen) atoms. The second-order valence-corrected chi connectivity index (χ2v) is 10.4. The maximum absolute atomic E-state index is 12.9. The number of hydrogen-bond donors (Lipinski definition) is 1. The summed E-state index contributed by atoms with van der Waals surface area (Å²) in [6.07, 6.45) is 1.82. The normalized spacial score (nSPS) is 22.9. The van der Waals surface area contributed by atoms with Gasteiger partial charge in [0, 0.05) is 18.5 Å². The number of sulfonamides is 1. The van der Waals surface area contributed by atoms with E-state index in [9.17, 15) is 13.2 Å². The SMILES string of the molecule is O=C(NC1CCOc2ccccc21)C1CCCN1S(=O)(=O)c1ccc(Cl)s1. The number of carbonyl (C=O) groups is 1. The van der Waals surface area contributed by atoms with Crippen molar-refractivity contribution >= 4 is 38.9 Å². The van der Waals surface area contributed by atoms with E-state index in [0.29, 0.717) is 36.8 Å². The third-order valence-corrected chi connectivity index (χ3v) is 8.50. The number of rotatable bonds is 4. The van der Waals surface area contributed by atoms with Gasteiger partial charge in [-0.3, -0.25) is 4.79 Å². The number of carbonyl (C=O) groups excluding carboxylic acids is 1. The minimum absolute atomic E-state index is 0.170. The van der Waals surface area contributed by atoms with E-state index in [0.717, 1.165) is 22.6 Å². The van der Waals surface area contributed by atoms with Gasteiger partial charge in [-0.25, -0.2) is 8.42 Å². The smallest absolute Gasteiger partial charge is 0.253 e. The van der Waals surface area contributed by atoms with E-state index < -0.39 is 16.1 Å². The summed E-state index contributed by atoms with van der Waals surface area (Å²) in [6.45, 7) is 0.850. The third kappa shape index (κ3) is 3.59. The second kappa shape index (κ2) is 7.43. The fraction of sp³-hybridized carbons (Fsp3) is 0.389. The number of ether oxygens (including phenoxy) is 1. The second-order valence-electron chi connectivity index (χ2n) is 6.57. The van der Waals surface area contributed by atoms with Crippen LogP contribution in [0.4, 0.5) is 0 Å². The number of para-hydroxylation sites is 1. The maximum Gasteiger partial charge on any atom is 0.253 e. The summed E-state index contributed by atoms with van der Waals surface area (Å²) in [7, 11) is -3.73. The summed E-state index contributed by atoms with van der Waals surface area (Å²) >= 11 is 6.90. The van der Waals surface area contributed by atoms with E-state index in [1.165, 1.54) is 10.4 Å². The maximum atomic E-state index is 12.9. The van der Waals surface area contributed by atoms with Crippen LogP contribution in [0.25, 0.3) is 0 Å². The van der Waals surface area contributed by atoms with E-state index in [2.05, 4.69) is 5.32 Å². The molecule has 0 aliphatic carbocycles. The molecule has 2 aliphatic rings. The molecule has 2 unspecified atom stereocenters. The van der Waals surface area contributed by atoms with Gasteiger partial charge in [-0.1, -0.05) is 29.8 Å². The molecule has 1 fully saturated rings. The topological polar surface area (TPSA) is 75.7 Å². The number of thiophene rings is 1. The van der Waals surface area contributed by atoms with Crippen molar-refractivity contribution < 1.29 is 17.9 Å². The Bertz CT molecular complexity index is 960. The van der Waals surface area contributed by atoms with E-state index in [1.807, 2.05) is 24.3 Å². The van der Waals surface area contributed by atoms with E-state index in [-0.39, 0.29) is 16.2 Å². The number of fused-ring (bicyclic) bond motifs is 1. The van der Waals surface area contributed by atoms with Gasteiger partial charge in [0.2, 0.25) is 5.91 Å². The summed E-state index contributed by atoms with van der Waals surface area (Å²) in [5, 5.41) is 3.03. The molecular formula is C18H19ClN2O4S2. The monoisotopic (exact) mass is 426 g/mol. The number of halogens is 1. The van der Waals surface area contributed by atoms with Crippen molar-refractivity contribution in [3.05, 3.63) is 46.3 Å². The molecule has 3 heterocycles. The highest BCUT2D eigenvalue weighted by Gasteiger charge is 2.41. The van der Waals surface area contributed by atoms with Crippen LogP contribution < -0.4 is 10.1 Å². The first-order valence-corrected chi connectivity index (χ1v) is 11.4. The Morgan fingerprint density at radius 3 is 2.81 bits per heavy atom. The minimum Gasteiger partial charge on any atom is -0.493 e. The minimum atomic E-state index is -3.73. The van der Waals surface area contributed by atoms with Gasteiger partial charge >= 0.3 is 0 Å². The Hall–Kier alpha value is -1.61. The summed E-state index contributed by atoms with van der Waals surface area (Å²) in [4.78, 5) is 12.9. The Morgan fingerprint density at radius 2 is 2.04 bits per heavy atom. The van der Waals surface area contributed by atoms with Crippen molar-refractivity contribution in [3.8, 4) is 5.75 Å². The summed E-state index contributed by atoms with van der Waals surface area (Å²) in [6, 6.07) is 9.76. The third-order valence-electron chi connectivity index (χ3n) is 4.89. The fourth-order valence-electron chi connectivity index (χ4n) is 3.60. The molecule has 0 radical (unpaired) electrons. The fourth-order valence-corrected chi connectivity index (χ4v) is 6.87. The van der Waals surface area contributed by atoms with Crippen LogP contribution >= 0.6 is 22.9 Å². The van der Waals surface area contributed by atoms with Crippen LogP contribution in [0, 0.1) is 0 Å². The average molecular weight is 427 g/mol. The van der Waals surface area contributed by atoms with Gasteiger partial charge in [-0.15, -0.1) is 11.3 Å². The van der Waals surface area contributed by atoms with E-state index in [1.54, 1.807) is 6.07 Å². The largest absolute Gasteiger partial charge is 0.493 e. The highest BCUT2D eigenvalue weighted by Crippen LogP contribution is 2.34. The molecule has 2 aromatic rings. The van der Waals surface area contributed by atoms with Crippen molar-refractivity contribution in [2.45, 2.75) is 35.6 Å². The molecule has 0 saturated carbocycles. The first kappa shape index (κ1) is 18.7. The van der Waals surface area contributed by atoms with Crippen molar-refractivity contribution in [2.24, 2.45) is 0 Å². The van der Waals surface area contributed by atoms with Gasteiger partial charge in [0.05, 0.1) is 17.0 Å². The van der Waals surface area contributed by atoms with Crippen LogP contribution in [-0.2, 0) is 14.8 Å². The molecule has 1 aromatic carbocycles. The van der Waals surface area contributed by atoms with Crippen LogP contribution in [0.15, 0.2) is 40.6 Å². The van der Waals surface area contributed by atoms with E-state index in [4.69, 9.17) is 16.3 Å². The molecule has 1 N–H and O–H groups in total. The van der Waals surface area contributed by atoms with Crippen LogP contribution in [0.5, 0.6) is 5.75 Å². The average Bonchev–Trinajstić information content (AvgIpc) is 3.32. The van der Waals surface area contributed by atoms with Crippen LogP contribution in [0.1, 0.15) is 30.9 Å². The van der Waals surface area contributed by atoms with Gasteiger partial charge in [0.25, 0.3) is 10.0 Å². The lowest BCUT2D eigenvalue weighted by Gasteiger charge is -2.29. The first-order chi connectivity index (χ1) is 13.0. The molecule has 4 rings (SSSR count). The zero-order valence-corrected chi connectivity index (χ0v) is 16.8. The summed E-state index contributed by atoms with van der Waals surface area (Å²) in [5.74, 6) is 0.499. The van der Waals surface area contributed by atoms with Gasteiger partial charge in [0.1, 0.15) is 16.0 Å². The highest BCUT2D eigenvalue weighted by atomic mass is 35.5. The van der Waals surface area contributed by atoms with Crippen molar-refractivity contribution in [3.63, 3.8) is 0 Å². The molecule has 9 heteroatoms. The number of hydrogen-bond acceptors (Lipinski definition) is 5. The molecule has 2 atom stereocenters.